The molecule has 0 radical (unpaired) electrons. The Balaban J connectivity index is 1.95. The van der Waals surface area contributed by atoms with Crippen molar-refractivity contribution in [2.24, 2.45) is 4.99 Å². The van der Waals surface area contributed by atoms with E-state index in [9.17, 15) is 4.79 Å². The molecule has 0 N–H and O–H groups in total. The van der Waals surface area contributed by atoms with Crippen molar-refractivity contribution >= 4 is 11.9 Å². The summed E-state index contributed by atoms with van der Waals surface area (Å²) in [6.07, 6.45) is -1.38. The molecule has 1 aliphatic rings. The Morgan fingerprint density at radius 3 is 2.36 bits per heavy atom. The lowest BCUT2D eigenvalue weighted by molar-refractivity contribution is -0.187. The van der Waals surface area contributed by atoms with Crippen LogP contribution in [-0.2, 0) is 19.0 Å². The van der Waals surface area contributed by atoms with E-state index in [1.54, 1.807) is 6.92 Å². The van der Waals surface area contributed by atoms with Crippen molar-refractivity contribution in [3.8, 4) is 0 Å². The van der Waals surface area contributed by atoms with Crippen LogP contribution in [0.2, 0.25) is 0 Å². The van der Waals surface area contributed by atoms with E-state index < -0.39 is 24.4 Å². The van der Waals surface area contributed by atoms with Gasteiger partial charge in [0.05, 0.1) is 0 Å². The fourth-order valence-electron chi connectivity index (χ4n) is 2.73. The lowest BCUT2D eigenvalue weighted by Gasteiger charge is -2.30. The van der Waals surface area contributed by atoms with Crippen molar-refractivity contribution in [3.63, 3.8) is 0 Å². The average Bonchev–Trinajstić information content (AvgIpc) is 2.65. The van der Waals surface area contributed by atoms with Crippen LogP contribution in [-0.4, -0.2) is 30.9 Å². The van der Waals surface area contributed by atoms with Gasteiger partial charge in [-0.1, -0.05) is 48.5 Å². The fraction of sp³-hybridized carbons (Fsp3) is 0.300. The highest BCUT2D eigenvalue weighted by atomic mass is 16.7. The lowest BCUT2D eigenvalue weighted by atomic mass is 10.0. The number of hydrogen-bond acceptors (Lipinski definition) is 5. The third kappa shape index (κ3) is 4.13. The predicted molar refractivity (Wildman–Crippen MR) is 94.2 cm³/mol. The van der Waals surface area contributed by atoms with Gasteiger partial charge in [-0.15, -0.1) is 0 Å². The van der Waals surface area contributed by atoms with Crippen molar-refractivity contribution < 1.29 is 19.0 Å². The zero-order valence-corrected chi connectivity index (χ0v) is 14.3. The van der Waals surface area contributed by atoms with Crippen molar-refractivity contribution in [3.05, 3.63) is 71.8 Å². The quantitative estimate of drug-likeness (QED) is 0.597. The summed E-state index contributed by atoms with van der Waals surface area (Å²) in [5.74, 6) is -0.155. The van der Waals surface area contributed by atoms with Gasteiger partial charge in [-0.3, -0.25) is 0 Å². The molecule has 3 atom stereocenters. The maximum Gasteiger partial charge on any atom is 0.344 e. The van der Waals surface area contributed by atoms with Gasteiger partial charge in [0.15, 0.2) is 12.4 Å². The summed E-state index contributed by atoms with van der Waals surface area (Å²) in [5, 5.41) is 0. The van der Waals surface area contributed by atoms with Crippen molar-refractivity contribution in [1.82, 2.24) is 0 Å². The summed E-state index contributed by atoms with van der Waals surface area (Å²) in [6.45, 7) is 4.13. The minimum atomic E-state index is -0.851. The zero-order valence-electron chi connectivity index (χ0n) is 14.3. The molecule has 1 heterocycles. The minimum Gasteiger partial charge on any atom is -0.405 e. The van der Waals surface area contributed by atoms with E-state index in [0.717, 1.165) is 11.1 Å². The van der Waals surface area contributed by atoms with Gasteiger partial charge in [-0.2, -0.15) is 0 Å². The number of aliphatic imine (C=N–C) groups is 1. The Morgan fingerprint density at radius 2 is 1.72 bits per heavy atom. The summed E-state index contributed by atoms with van der Waals surface area (Å²) >= 11 is 0. The lowest BCUT2D eigenvalue weighted by Crippen LogP contribution is -2.40. The number of carbonyl (C=O) groups excluding carboxylic acids is 1. The molecule has 0 fully saturated rings. The SMILES string of the molecule is CCOC(C)O[C@H]1C(=O)OC(c2ccccc2)=N[C@H]1c1ccccc1. The number of ether oxygens (including phenoxy) is 3. The van der Waals surface area contributed by atoms with Crippen LogP contribution in [0.25, 0.3) is 0 Å². The molecule has 3 rings (SSSR count). The molecule has 2 aromatic carbocycles. The van der Waals surface area contributed by atoms with Crippen molar-refractivity contribution in [1.29, 1.82) is 0 Å². The molecule has 0 bridgehead atoms. The Hall–Kier alpha value is -2.50. The summed E-state index contributed by atoms with van der Waals surface area (Å²) < 4.78 is 16.6. The normalized spacial score (nSPS) is 21.4. The summed E-state index contributed by atoms with van der Waals surface area (Å²) in [5.41, 5.74) is 1.65. The van der Waals surface area contributed by atoms with Crippen molar-refractivity contribution in [2.45, 2.75) is 32.3 Å². The average molecular weight is 339 g/mol. The summed E-state index contributed by atoms with van der Waals surface area (Å²) in [6, 6.07) is 18.5. The molecule has 0 saturated heterocycles. The van der Waals surface area contributed by atoms with Gasteiger partial charge in [0, 0.05) is 12.2 Å². The Morgan fingerprint density at radius 1 is 1.08 bits per heavy atom. The molecular weight excluding hydrogens is 318 g/mol. The highest BCUT2D eigenvalue weighted by Gasteiger charge is 2.38. The molecule has 0 amide bonds. The minimum absolute atomic E-state index is 0.309. The van der Waals surface area contributed by atoms with Crippen LogP contribution in [0.15, 0.2) is 65.7 Å². The number of carbonyl (C=O) groups is 1. The molecule has 0 spiro atoms. The van der Waals surface area contributed by atoms with Crippen LogP contribution < -0.4 is 0 Å². The standard InChI is InChI=1S/C20H21NO4/c1-3-23-14(2)24-18-17(15-10-6-4-7-11-15)21-19(25-20(18)22)16-12-8-5-9-13-16/h4-14,17-18H,3H2,1-2H3/t14?,17-,18+/m0/s1. The largest absolute Gasteiger partial charge is 0.405 e. The smallest absolute Gasteiger partial charge is 0.344 e. The van der Waals surface area contributed by atoms with Crippen LogP contribution in [0.4, 0.5) is 0 Å². The highest BCUT2D eigenvalue weighted by molar-refractivity contribution is 6.03. The van der Waals surface area contributed by atoms with Gasteiger partial charge in [-0.05, 0) is 31.5 Å². The molecule has 1 unspecified atom stereocenters. The Labute approximate surface area is 147 Å². The van der Waals surface area contributed by atoms with Crippen LogP contribution in [0.5, 0.6) is 0 Å². The first kappa shape index (κ1) is 17.3. The summed E-state index contributed by atoms with van der Waals surface area (Å²) in [7, 11) is 0. The van der Waals surface area contributed by atoms with E-state index in [1.165, 1.54) is 0 Å². The Kier molecular flexibility index (Phi) is 5.58. The first-order valence-electron chi connectivity index (χ1n) is 8.36. The van der Waals surface area contributed by atoms with E-state index in [-0.39, 0.29) is 0 Å². The van der Waals surface area contributed by atoms with E-state index in [1.807, 2.05) is 67.6 Å². The number of rotatable bonds is 6. The molecule has 5 nitrogen and oxygen atoms in total. The maximum atomic E-state index is 12.6. The third-order valence-electron chi connectivity index (χ3n) is 3.87. The van der Waals surface area contributed by atoms with E-state index >= 15 is 0 Å². The van der Waals surface area contributed by atoms with E-state index in [2.05, 4.69) is 4.99 Å². The van der Waals surface area contributed by atoms with Crippen molar-refractivity contribution in [2.75, 3.05) is 6.61 Å². The molecule has 25 heavy (non-hydrogen) atoms. The monoisotopic (exact) mass is 339 g/mol. The molecule has 2 aromatic rings. The maximum absolute atomic E-state index is 12.6. The van der Waals surface area contributed by atoms with E-state index in [4.69, 9.17) is 14.2 Å². The number of nitrogens with zero attached hydrogens (tertiary/aromatic N) is 1. The molecule has 1 aliphatic heterocycles. The number of benzene rings is 2. The van der Waals surface area contributed by atoms with Crippen LogP contribution in [0, 0.1) is 0 Å². The Bertz CT molecular complexity index is 730. The first-order chi connectivity index (χ1) is 12.2. The number of cyclic esters (lactones) is 1. The number of esters is 1. The fourth-order valence-corrected chi connectivity index (χ4v) is 2.73. The van der Waals surface area contributed by atoms with Gasteiger partial charge in [0.25, 0.3) is 0 Å². The molecule has 0 aromatic heterocycles. The third-order valence-corrected chi connectivity index (χ3v) is 3.87. The van der Waals surface area contributed by atoms with Crippen LogP contribution in [0.3, 0.4) is 0 Å². The topological polar surface area (TPSA) is 57.1 Å². The van der Waals surface area contributed by atoms with Gasteiger partial charge in [0.1, 0.15) is 6.04 Å². The molecule has 0 aliphatic carbocycles. The molecular formula is C20H21NO4. The molecule has 5 heteroatoms. The van der Waals surface area contributed by atoms with Gasteiger partial charge in [-0.25, -0.2) is 9.79 Å². The van der Waals surface area contributed by atoms with Crippen LogP contribution in [0.1, 0.15) is 31.0 Å². The zero-order chi connectivity index (χ0) is 17.6. The van der Waals surface area contributed by atoms with E-state index in [0.29, 0.717) is 12.5 Å². The number of hydrogen-bond donors (Lipinski definition) is 0. The molecule has 0 saturated carbocycles. The van der Waals surface area contributed by atoms with Gasteiger partial charge in [0.2, 0.25) is 5.90 Å². The summed E-state index contributed by atoms with van der Waals surface area (Å²) in [4.78, 5) is 17.3. The predicted octanol–water partition coefficient (Wildman–Crippen LogP) is 3.50. The molecule has 130 valence electrons. The van der Waals surface area contributed by atoms with Gasteiger partial charge < -0.3 is 14.2 Å². The second-order valence-electron chi connectivity index (χ2n) is 5.66. The second-order valence-corrected chi connectivity index (χ2v) is 5.66. The van der Waals surface area contributed by atoms with Crippen LogP contribution >= 0.6 is 0 Å². The van der Waals surface area contributed by atoms with Gasteiger partial charge >= 0.3 is 5.97 Å². The first-order valence-corrected chi connectivity index (χ1v) is 8.36. The second kappa shape index (κ2) is 8.05. The highest BCUT2D eigenvalue weighted by Crippen LogP contribution is 2.30.